The summed E-state index contributed by atoms with van der Waals surface area (Å²) in [4.78, 5) is 15.9. The highest BCUT2D eigenvalue weighted by molar-refractivity contribution is 7.89. The van der Waals surface area contributed by atoms with Gasteiger partial charge in [-0.1, -0.05) is 41.9 Å². The average Bonchev–Trinajstić information content (AvgIpc) is 3.25. The van der Waals surface area contributed by atoms with E-state index in [9.17, 15) is 13.2 Å². The van der Waals surface area contributed by atoms with Crippen molar-refractivity contribution in [1.29, 1.82) is 0 Å². The molecule has 8 heteroatoms. The number of nitrogens with one attached hydrogen (secondary N) is 1. The van der Waals surface area contributed by atoms with Crippen molar-refractivity contribution in [3.8, 4) is 0 Å². The van der Waals surface area contributed by atoms with Crippen LogP contribution in [-0.4, -0.2) is 32.5 Å². The Morgan fingerprint density at radius 3 is 2.60 bits per heavy atom. The summed E-state index contributed by atoms with van der Waals surface area (Å²) in [5, 5.41) is 0.493. The quantitative estimate of drug-likeness (QED) is 0.325. The highest BCUT2D eigenvalue weighted by atomic mass is 35.5. The van der Waals surface area contributed by atoms with Gasteiger partial charge in [-0.25, -0.2) is 13.1 Å². The van der Waals surface area contributed by atoms with E-state index in [0.29, 0.717) is 30.7 Å². The molecule has 0 radical (unpaired) electrons. The van der Waals surface area contributed by atoms with E-state index in [1.54, 1.807) is 18.3 Å². The number of pyridine rings is 1. The number of aromatic nitrogens is 1. The van der Waals surface area contributed by atoms with Crippen LogP contribution < -0.4 is 4.72 Å². The van der Waals surface area contributed by atoms with Crippen LogP contribution in [0.5, 0.6) is 0 Å². The number of carbonyl (C=O) groups is 1. The number of sulfonamides is 1. The normalized spacial score (nSPS) is 15.6. The molecule has 3 aromatic rings. The number of rotatable bonds is 9. The number of unbranched alkanes of at least 4 members (excludes halogenated alkanes) is 1. The zero-order valence-corrected chi connectivity index (χ0v) is 21.0. The monoisotopic (exact) mass is 510 g/mol. The Hall–Kier alpha value is -3.00. The molecule has 0 amide bonds. The van der Waals surface area contributed by atoms with Crippen LogP contribution in [0.15, 0.2) is 78.0 Å². The van der Waals surface area contributed by atoms with Crippen LogP contribution in [0.2, 0.25) is 5.02 Å². The van der Waals surface area contributed by atoms with Gasteiger partial charge in [0.25, 0.3) is 0 Å². The maximum absolute atomic E-state index is 12.8. The first kappa shape index (κ1) is 25.1. The molecule has 4 rings (SSSR count). The minimum Gasteiger partial charge on any atom is -0.469 e. The topological polar surface area (TPSA) is 85.4 Å². The first-order valence-corrected chi connectivity index (χ1v) is 13.3. The number of hydrogen-bond acceptors (Lipinski definition) is 5. The Morgan fingerprint density at radius 2 is 1.89 bits per heavy atom. The predicted molar refractivity (Wildman–Crippen MR) is 137 cm³/mol. The number of ether oxygens (including phenoxy) is 1. The van der Waals surface area contributed by atoms with Crippen LogP contribution in [0.4, 0.5) is 0 Å². The van der Waals surface area contributed by atoms with Gasteiger partial charge in [-0.15, -0.1) is 0 Å². The van der Waals surface area contributed by atoms with Crippen molar-refractivity contribution < 1.29 is 17.9 Å². The summed E-state index contributed by atoms with van der Waals surface area (Å²) in [7, 11) is -2.24. The lowest BCUT2D eigenvalue weighted by atomic mass is 9.95. The average molecular weight is 511 g/mol. The fourth-order valence-electron chi connectivity index (χ4n) is 4.29. The highest BCUT2D eigenvalue weighted by Crippen LogP contribution is 2.30. The van der Waals surface area contributed by atoms with Crippen LogP contribution >= 0.6 is 11.6 Å². The molecule has 182 valence electrons. The number of halogens is 1. The van der Waals surface area contributed by atoms with Gasteiger partial charge in [-0.3, -0.25) is 9.78 Å². The Kier molecular flexibility index (Phi) is 8.00. The van der Waals surface area contributed by atoms with E-state index < -0.39 is 10.0 Å². The van der Waals surface area contributed by atoms with Gasteiger partial charge in [0.05, 0.1) is 12.0 Å². The Balaban J connectivity index is 1.52. The van der Waals surface area contributed by atoms with Crippen LogP contribution in [0.3, 0.4) is 0 Å². The lowest BCUT2D eigenvalue weighted by molar-refractivity contribution is -0.140. The molecule has 0 saturated carbocycles. The first-order chi connectivity index (χ1) is 16.9. The molecule has 6 nitrogen and oxygen atoms in total. The van der Waals surface area contributed by atoms with Gasteiger partial charge >= 0.3 is 5.97 Å². The van der Waals surface area contributed by atoms with E-state index in [-0.39, 0.29) is 16.9 Å². The van der Waals surface area contributed by atoms with E-state index in [1.165, 1.54) is 19.2 Å². The number of carbonyl (C=O) groups excluding carboxylic acids is 1. The van der Waals surface area contributed by atoms with Gasteiger partial charge in [0.1, 0.15) is 0 Å². The molecule has 1 heterocycles. The smallest absolute Gasteiger partial charge is 0.305 e. The number of hydrogen-bond donors (Lipinski definition) is 1. The molecule has 0 fully saturated rings. The molecule has 0 saturated heterocycles. The standard InChI is InChI=1S/C27H27ClN2O4S/c1-34-27(31)7-3-2-6-26(21-5-4-14-29-18-21)20-9-8-19-16-24(17-22(19)15-20)30-35(32,33)25-12-10-23(28)11-13-25/h4-6,8-15,18,24,30H,2-3,7,16-17H2,1H3. The summed E-state index contributed by atoms with van der Waals surface area (Å²) < 4.78 is 33.2. The molecule has 1 atom stereocenters. The number of allylic oxidation sites excluding steroid dienone is 1. The van der Waals surface area contributed by atoms with Gasteiger partial charge in [0.2, 0.25) is 10.0 Å². The summed E-state index contributed by atoms with van der Waals surface area (Å²) in [5.74, 6) is -0.217. The summed E-state index contributed by atoms with van der Waals surface area (Å²) >= 11 is 5.89. The molecule has 35 heavy (non-hydrogen) atoms. The van der Waals surface area contributed by atoms with Gasteiger partial charge in [0.15, 0.2) is 0 Å². The molecule has 1 unspecified atom stereocenters. The lowest BCUT2D eigenvalue weighted by Crippen LogP contribution is -2.35. The summed E-state index contributed by atoms with van der Waals surface area (Å²) in [6.07, 6.45) is 8.70. The largest absolute Gasteiger partial charge is 0.469 e. The van der Waals surface area contributed by atoms with E-state index in [0.717, 1.165) is 34.2 Å². The van der Waals surface area contributed by atoms with E-state index in [1.807, 2.05) is 18.3 Å². The molecule has 0 bridgehead atoms. The molecule has 1 aliphatic rings. The highest BCUT2D eigenvalue weighted by Gasteiger charge is 2.27. The van der Waals surface area contributed by atoms with E-state index in [4.69, 9.17) is 16.3 Å². The summed E-state index contributed by atoms with van der Waals surface area (Å²) in [6, 6.07) is 16.1. The van der Waals surface area contributed by atoms with Crippen molar-refractivity contribution in [2.75, 3.05) is 7.11 Å². The molecule has 1 N–H and O–H groups in total. The van der Waals surface area contributed by atoms with E-state index in [2.05, 4.69) is 34.0 Å². The second kappa shape index (κ2) is 11.2. The zero-order valence-electron chi connectivity index (χ0n) is 19.4. The molecule has 1 aliphatic carbocycles. The lowest BCUT2D eigenvalue weighted by Gasteiger charge is -2.12. The van der Waals surface area contributed by atoms with Crippen molar-refractivity contribution >= 4 is 33.2 Å². The Labute approximate surface area is 211 Å². The third-order valence-electron chi connectivity index (χ3n) is 6.03. The van der Waals surface area contributed by atoms with Crippen molar-refractivity contribution in [2.45, 2.75) is 43.0 Å². The summed E-state index contributed by atoms with van der Waals surface area (Å²) in [5.41, 5.74) is 5.32. The van der Waals surface area contributed by atoms with Gasteiger partial charge in [-0.2, -0.15) is 0 Å². The van der Waals surface area contributed by atoms with Crippen molar-refractivity contribution in [1.82, 2.24) is 9.71 Å². The van der Waals surface area contributed by atoms with Crippen LogP contribution in [-0.2, 0) is 32.4 Å². The van der Waals surface area contributed by atoms with Crippen molar-refractivity contribution in [3.05, 3.63) is 100 Å². The maximum atomic E-state index is 12.8. The van der Waals surface area contributed by atoms with E-state index >= 15 is 0 Å². The van der Waals surface area contributed by atoms with Gasteiger partial charge in [0, 0.05) is 35.4 Å². The van der Waals surface area contributed by atoms with Crippen molar-refractivity contribution in [2.24, 2.45) is 0 Å². The molecule has 2 aromatic carbocycles. The molecule has 0 spiro atoms. The number of benzene rings is 2. The van der Waals surface area contributed by atoms with Crippen LogP contribution in [0, 0.1) is 0 Å². The number of nitrogens with zero attached hydrogens (tertiary/aromatic N) is 1. The van der Waals surface area contributed by atoms with Crippen LogP contribution in [0.1, 0.15) is 41.5 Å². The molecular formula is C27H27ClN2O4S. The second-order valence-electron chi connectivity index (χ2n) is 8.49. The number of fused-ring (bicyclic) bond motifs is 1. The minimum atomic E-state index is -3.64. The zero-order chi connectivity index (χ0) is 24.8. The Morgan fingerprint density at radius 1 is 1.11 bits per heavy atom. The third kappa shape index (κ3) is 6.36. The van der Waals surface area contributed by atoms with Gasteiger partial charge in [-0.05, 0) is 78.3 Å². The first-order valence-electron chi connectivity index (χ1n) is 11.4. The van der Waals surface area contributed by atoms with Gasteiger partial charge < -0.3 is 4.74 Å². The molecular weight excluding hydrogens is 484 g/mol. The fraction of sp³-hybridized carbons (Fsp3) is 0.259. The summed E-state index contributed by atoms with van der Waals surface area (Å²) in [6.45, 7) is 0. The second-order valence-corrected chi connectivity index (χ2v) is 10.6. The van der Waals surface area contributed by atoms with Crippen molar-refractivity contribution in [3.63, 3.8) is 0 Å². The minimum absolute atomic E-state index is 0.201. The molecule has 0 aliphatic heterocycles. The Bertz CT molecular complexity index is 1320. The number of esters is 1. The number of methoxy groups -OCH3 is 1. The third-order valence-corrected chi connectivity index (χ3v) is 7.82. The fourth-order valence-corrected chi connectivity index (χ4v) is 5.65. The SMILES string of the molecule is COC(=O)CCCC=C(c1cccnc1)c1ccc2c(c1)CC(NS(=O)(=O)c1ccc(Cl)cc1)C2. The molecule has 1 aromatic heterocycles. The van der Waals surface area contributed by atoms with Crippen LogP contribution in [0.25, 0.3) is 5.57 Å². The predicted octanol–water partition coefficient (Wildman–Crippen LogP) is 4.96. The maximum Gasteiger partial charge on any atom is 0.305 e.